The zero-order valence-corrected chi connectivity index (χ0v) is 10.1. The van der Waals surface area contributed by atoms with Gasteiger partial charge >= 0.3 is 6.03 Å². The number of carbonyl (C=O) groups excluding carboxylic acids is 1. The average Bonchev–Trinajstić information content (AvgIpc) is 2.86. The lowest BCUT2D eigenvalue weighted by molar-refractivity contribution is 0.251. The van der Waals surface area contributed by atoms with Crippen LogP contribution >= 0.6 is 0 Å². The van der Waals surface area contributed by atoms with Crippen molar-refractivity contribution < 1.29 is 4.79 Å². The summed E-state index contributed by atoms with van der Waals surface area (Å²) in [5, 5.41) is 18.9. The fourth-order valence-electron chi connectivity index (χ4n) is 1.52. The summed E-state index contributed by atoms with van der Waals surface area (Å²) in [5.41, 5.74) is 6.70. The van der Waals surface area contributed by atoms with Crippen molar-refractivity contribution in [1.29, 1.82) is 5.41 Å². The second-order valence-corrected chi connectivity index (χ2v) is 3.87. The third-order valence-corrected chi connectivity index (χ3v) is 2.46. The molecule has 2 aromatic rings. The Morgan fingerprint density at radius 3 is 2.79 bits per heavy atom. The SMILES string of the molecule is N=C(N)c1cn[nH]c1NC(=O)NCc1ccccc1. The third kappa shape index (κ3) is 3.32. The lowest BCUT2D eigenvalue weighted by atomic mass is 10.2. The molecule has 0 aliphatic heterocycles. The minimum atomic E-state index is -0.393. The van der Waals surface area contributed by atoms with Crippen molar-refractivity contribution in [2.45, 2.75) is 6.54 Å². The van der Waals surface area contributed by atoms with Gasteiger partial charge in [0.15, 0.2) is 0 Å². The molecule has 7 heteroatoms. The van der Waals surface area contributed by atoms with Crippen LogP contribution in [-0.4, -0.2) is 22.1 Å². The van der Waals surface area contributed by atoms with Crippen LogP contribution in [0.3, 0.4) is 0 Å². The number of H-pyrrole nitrogens is 1. The number of aromatic amines is 1. The molecule has 19 heavy (non-hydrogen) atoms. The molecule has 1 aromatic heterocycles. The van der Waals surface area contributed by atoms with Crippen molar-refractivity contribution in [3.8, 4) is 0 Å². The molecule has 2 amide bonds. The van der Waals surface area contributed by atoms with Crippen LogP contribution in [0.25, 0.3) is 0 Å². The number of aromatic nitrogens is 2. The first kappa shape index (κ1) is 12.6. The normalized spacial score (nSPS) is 9.89. The van der Waals surface area contributed by atoms with E-state index in [1.807, 2.05) is 30.3 Å². The van der Waals surface area contributed by atoms with Crippen molar-refractivity contribution in [3.05, 3.63) is 47.7 Å². The Balaban J connectivity index is 1.91. The molecule has 0 saturated heterocycles. The highest BCUT2D eigenvalue weighted by Gasteiger charge is 2.10. The summed E-state index contributed by atoms with van der Waals surface area (Å²) in [5.74, 6) is 0.144. The second kappa shape index (κ2) is 5.67. The average molecular weight is 258 g/mol. The summed E-state index contributed by atoms with van der Waals surface area (Å²) in [6.45, 7) is 0.413. The zero-order valence-electron chi connectivity index (χ0n) is 10.1. The number of nitrogens with two attached hydrogens (primary N) is 1. The molecule has 0 radical (unpaired) electrons. The number of anilines is 1. The van der Waals surface area contributed by atoms with Gasteiger partial charge in [0.05, 0.1) is 11.8 Å². The molecule has 0 unspecified atom stereocenters. The minimum Gasteiger partial charge on any atom is -0.384 e. The molecule has 0 aliphatic rings. The van der Waals surface area contributed by atoms with Gasteiger partial charge in [0.1, 0.15) is 11.7 Å². The highest BCUT2D eigenvalue weighted by molar-refractivity contribution is 6.02. The molecular weight excluding hydrogens is 244 g/mol. The largest absolute Gasteiger partial charge is 0.384 e. The summed E-state index contributed by atoms with van der Waals surface area (Å²) in [4.78, 5) is 11.7. The summed E-state index contributed by atoms with van der Waals surface area (Å²) >= 11 is 0. The van der Waals surface area contributed by atoms with Gasteiger partial charge in [-0.1, -0.05) is 30.3 Å². The molecule has 0 aliphatic carbocycles. The fraction of sp³-hybridized carbons (Fsp3) is 0.0833. The molecule has 0 bridgehead atoms. The lowest BCUT2D eigenvalue weighted by Gasteiger charge is -2.07. The predicted octanol–water partition coefficient (Wildman–Crippen LogP) is 1.02. The Kier molecular flexibility index (Phi) is 3.77. The molecule has 0 spiro atoms. The van der Waals surface area contributed by atoms with E-state index in [2.05, 4.69) is 20.8 Å². The van der Waals surface area contributed by atoms with E-state index in [9.17, 15) is 4.79 Å². The number of benzene rings is 1. The first-order chi connectivity index (χ1) is 9.16. The molecule has 0 fully saturated rings. The molecule has 0 saturated carbocycles. The topological polar surface area (TPSA) is 120 Å². The first-order valence-electron chi connectivity index (χ1n) is 5.63. The lowest BCUT2D eigenvalue weighted by Crippen LogP contribution is -2.29. The highest BCUT2D eigenvalue weighted by atomic mass is 16.2. The number of hydrogen-bond donors (Lipinski definition) is 5. The predicted molar refractivity (Wildman–Crippen MR) is 71.9 cm³/mol. The number of amidine groups is 1. The van der Waals surface area contributed by atoms with Crippen LogP contribution in [0.1, 0.15) is 11.1 Å². The zero-order chi connectivity index (χ0) is 13.7. The number of amides is 2. The van der Waals surface area contributed by atoms with E-state index in [1.54, 1.807) is 0 Å². The monoisotopic (exact) mass is 258 g/mol. The van der Waals surface area contributed by atoms with Crippen LogP contribution in [0.15, 0.2) is 36.5 Å². The molecule has 6 N–H and O–H groups in total. The fourth-order valence-corrected chi connectivity index (χ4v) is 1.52. The van der Waals surface area contributed by atoms with Gasteiger partial charge in [0.2, 0.25) is 0 Å². The van der Waals surface area contributed by atoms with Crippen molar-refractivity contribution in [2.24, 2.45) is 5.73 Å². The highest BCUT2D eigenvalue weighted by Crippen LogP contribution is 2.09. The maximum Gasteiger partial charge on any atom is 0.320 e. The van der Waals surface area contributed by atoms with Gasteiger partial charge in [-0.15, -0.1) is 0 Å². The van der Waals surface area contributed by atoms with Gasteiger partial charge in [0.25, 0.3) is 0 Å². The van der Waals surface area contributed by atoms with Crippen LogP contribution in [0.5, 0.6) is 0 Å². The van der Waals surface area contributed by atoms with Crippen molar-refractivity contribution >= 4 is 17.7 Å². The van der Waals surface area contributed by atoms with Gasteiger partial charge in [0, 0.05) is 6.54 Å². The van der Waals surface area contributed by atoms with Gasteiger partial charge in [-0.05, 0) is 5.56 Å². The molecule has 2 rings (SSSR count). The van der Waals surface area contributed by atoms with Crippen LogP contribution in [0.4, 0.5) is 10.6 Å². The first-order valence-corrected chi connectivity index (χ1v) is 5.63. The molecule has 0 atom stereocenters. The van der Waals surface area contributed by atoms with Crippen LogP contribution < -0.4 is 16.4 Å². The molecule has 98 valence electrons. The standard InChI is InChI=1S/C12H14N6O/c13-10(14)9-7-16-18-11(9)17-12(19)15-6-8-4-2-1-3-5-8/h1-5,7H,6H2,(H3,13,14)(H3,15,16,17,18,19). The Morgan fingerprint density at radius 2 is 2.11 bits per heavy atom. The summed E-state index contributed by atoms with van der Waals surface area (Å²) in [7, 11) is 0. The quantitative estimate of drug-likeness (QED) is 0.416. The van der Waals surface area contributed by atoms with E-state index >= 15 is 0 Å². The number of carbonyl (C=O) groups is 1. The number of urea groups is 1. The van der Waals surface area contributed by atoms with Gasteiger partial charge in [-0.2, -0.15) is 5.10 Å². The number of nitrogens with zero attached hydrogens (tertiary/aromatic N) is 1. The van der Waals surface area contributed by atoms with Crippen LogP contribution in [0.2, 0.25) is 0 Å². The van der Waals surface area contributed by atoms with E-state index in [0.29, 0.717) is 17.9 Å². The Morgan fingerprint density at radius 1 is 1.37 bits per heavy atom. The van der Waals surface area contributed by atoms with E-state index < -0.39 is 6.03 Å². The van der Waals surface area contributed by atoms with Crippen molar-refractivity contribution in [1.82, 2.24) is 15.5 Å². The smallest absolute Gasteiger partial charge is 0.320 e. The van der Waals surface area contributed by atoms with E-state index in [-0.39, 0.29) is 5.84 Å². The summed E-state index contributed by atoms with van der Waals surface area (Å²) in [6, 6.07) is 9.15. The summed E-state index contributed by atoms with van der Waals surface area (Å²) in [6.07, 6.45) is 1.38. The van der Waals surface area contributed by atoms with Gasteiger partial charge in [-0.3, -0.25) is 15.8 Å². The van der Waals surface area contributed by atoms with E-state index in [0.717, 1.165) is 5.56 Å². The maximum atomic E-state index is 11.7. The van der Waals surface area contributed by atoms with Crippen LogP contribution in [0, 0.1) is 5.41 Å². The molecule has 1 heterocycles. The number of nitrogen functional groups attached to an aromatic ring is 1. The number of hydrogen-bond acceptors (Lipinski definition) is 3. The minimum absolute atomic E-state index is 0.160. The van der Waals surface area contributed by atoms with Gasteiger partial charge in [-0.25, -0.2) is 4.79 Å². The Bertz CT molecular complexity index is 577. The van der Waals surface area contributed by atoms with E-state index in [4.69, 9.17) is 11.1 Å². The van der Waals surface area contributed by atoms with E-state index in [1.165, 1.54) is 6.20 Å². The van der Waals surface area contributed by atoms with Crippen LogP contribution in [-0.2, 0) is 6.54 Å². The Labute approximate surface area is 109 Å². The molecular formula is C12H14N6O. The Hall–Kier alpha value is -2.83. The number of rotatable bonds is 4. The second-order valence-electron chi connectivity index (χ2n) is 3.87. The van der Waals surface area contributed by atoms with Gasteiger partial charge < -0.3 is 11.1 Å². The third-order valence-electron chi connectivity index (χ3n) is 2.46. The summed E-state index contributed by atoms with van der Waals surface area (Å²) < 4.78 is 0. The number of nitrogens with one attached hydrogen (secondary N) is 4. The molecule has 1 aromatic carbocycles. The maximum absolute atomic E-state index is 11.7. The van der Waals surface area contributed by atoms with Crippen molar-refractivity contribution in [2.75, 3.05) is 5.32 Å². The molecule has 7 nitrogen and oxygen atoms in total. The van der Waals surface area contributed by atoms with Crippen molar-refractivity contribution in [3.63, 3.8) is 0 Å².